The summed E-state index contributed by atoms with van der Waals surface area (Å²) < 4.78 is 26.1. The standard InChI is InChI=1S/C14H22N2O2S/c1-12(2)19(17,18)16-8-4-6-14(11-16)9-13-5-3-7-15-10-13/h3,5,7,10,12,14H,4,6,8-9,11H2,1-2H3. The molecule has 0 bridgehead atoms. The SMILES string of the molecule is CC(C)S(=O)(=O)N1CCCC(Cc2cccnc2)C1. The third-order valence-electron chi connectivity index (χ3n) is 3.68. The second-order valence-electron chi connectivity index (χ2n) is 5.53. The zero-order valence-electron chi connectivity index (χ0n) is 11.6. The van der Waals surface area contributed by atoms with Crippen LogP contribution in [0.15, 0.2) is 24.5 Å². The van der Waals surface area contributed by atoms with E-state index in [4.69, 9.17) is 0 Å². The third-order valence-corrected chi connectivity index (χ3v) is 5.93. The second kappa shape index (κ2) is 6.01. The lowest BCUT2D eigenvalue weighted by Crippen LogP contribution is -2.43. The molecule has 1 saturated heterocycles. The van der Waals surface area contributed by atoms with E-state index in [-0.39, 0.29) is 5.25 Å². The zero-order chi connectivity index (χ0) is 13.9. The summed E-state index contributed by atoms with van der Waals surface area (Å²) in [6.45, 7) is 4.82. The Balaban J connectivity index is 2.02. The van der Waals surface area contributed by atoms with E-state index in [1.54, 1.807) is 24.3 Å². The van der Waals surface area contributed by atoms with Gasteiger partial charge in [0.2, 0.25) is 10.0 Å². The van der Waals surface area contributed by atoms with E-state index in [1.807, 2.05) is 12.3 Å². The number of piperidine rings is 1. The molecule has 0 aromatic carbocycles. The van der Waals surface area contributed by atoms with Crippen molar-refractivity contribution in [2.24, 2.45) is 5.92 Å². The van der Waals surface area contributed by atoms with Gasteiger partial charge in [0.25, 0.3) is 0 Å². The van der Waals surface area contributed by atoms with Crippen LogP contribution in [0.2, 0.25) is 0 Å². The van der Waals surface area contributed by atoms with Crippen LogP contribution in [0, 0.1) is 5.92 Å². The quantitative estimate of drug-likeness (QED) is 0.849. The van der Waals surface area contributed by atoms with E-state index in [9.17, 15) is 8.42 Å². The van der Waals surface area contributed by atoms with Gasteiger partial charge in [0.1, 0.15) is 0 Å². The van der Waals surface area contributed by atoms with Crippen LogP contribution in [0.25, 0.3) is 0 Å². The maximum absolute atomic E-state index is 12.2. The summed E-state index contributed by atoms with van der Waals surface area (Å²) in [5.74, 6) is 0.409. The third kappa shape index (κ3) is 3.54. The van der Waals surface area contributed by atoms with E-state index in [1.165, 1.54) is 5.56 Å². The van der Waals surface area contributed by atoms with Crippen molar-refractivity contribution in [1.82, 2.24) is 9.29 Å². The highest BCUT2D eigenvalue weighted by atomic mass is 32.2. The summed E-state index contributed by atoms with van der Waals surface area (Å²) in [6.07, 6.45) is 6.60. The number of sulfonamides is 1. The minimum atomic E-state index is -3.11. The molecule has 0 aliphatic carbocycles. The molecule has 106 valence electrons. The van der Waals surface area contributed by atoms with Crippen molar-refractivity contribution in [2.45, 2.75) is 38.4 Å². The molecule has 19 heavy (non-hydrogen) atoms. The van der Waals surface area contributed by atoms with Crippen molar-refractivity contribution in [2.75, 3.05) is 13.1 Å². The fraction of sp³-hybridized carbons (Fsp3) is 0.643. The summed E-state index contributed by atoms with van der Waals surface area (Å²) in [5, 5.41) is -0.329. The van der Waals surface area contributed by atoms with Gasteiger partial charge in [-0.1, -0.05) is 6.07 Å². The molecule has 2 heterocycles. The Hall–Kier alpha value is -0.940. The van der Waals surface area contributed by atoms with Crippen LogP contribution in [0.5, 0.6) is 0 Å². The van der Waals surface area contributed by atoms with E-state index in [2.05, 4.69) is 11.1 Å². The van der Waals surface area contributed by atoms with Crippen molar-refractivity contribution < 1.29 is 8.42 Å². The van der Waals surface area contributed by atoms with Gasteiger partial charge in [-0.05, 0) is 50.7 Å². The van der Waals surface area contributed by atoms with Gasteiger partial charge in [0.15, 0.2) is 0 Å². The van der Waals surface area contributed by atoms with Gasteiger partial charge in [-0.25, -0.2) is 12.7 Å². The molecule has 0 radical (unpaired) electrons. The number of nitrogens with zero attached hydrogens (tertiary/aromatic N) is 2. The predicted molar refractivity (Wildman–Crippen MR) is 76.3 cm³/mol. The Bertz CT molecular complexity index is 499. The average molecular weight is 282 g/mol. The molecule has 2 rings (SSSR count). The fourth-order valence-electron chi connectivity index (χ4n) is 2.57. The Labute approximate surface area is 115 Å². The van der Waals surface area contributed by atoms with E-state index in [0.29, 0.717) is 19.0 Å². The second-order valence-corrected chi connectivity index (χ2v) is 8.01. The van der Waals surface area contributed by atoms with Crippen LogP contribution in [0.1, 0.15) is 32.3 Å². The first-order valence-electron chi connectivity index (χ1n) is 6.88. The van der Waals surface area contributed by atoms with Crippen LogP contribution in [-0.2, 0) is 16.4 Å². The van der Waals surface area contributed by atoms with E-state index >= 15 is 0 Å². The molecule has 0 amide bonds. The summed E-state index contributed by atoms with van der Waals surface area (Å²) in [5.41, 5.74) is 1.19. The lowest BCUT2D eigenvalue weighted by molar-refractivity contribution is 0.264. The van der Waals surface area contributed by atoms with Crippen LogP contribution in [0.4, 0.5) is 0 Å². The number of rotatable bonds is 4. The van der Waals surface area contributed by atoms with Gasteiger partial charge in [-0.15, -0.1) is 0 Å². The van der Waals surface area contributed by atoms with Crippen molar-refractivity contribution in [3.63, 3.8) is 0 Å². The molecule has 0 saturated carbocycles. The molecular weight excluding hydrogens is 260 g/mol. The normalized spacial score (nSPS) is 21.7. The highest BCUT2D eigenvalue weighted by Crippen LogP contribution is 2.24. The van der Waals surface area contributed by atoms with E-state index in [0.717, 1.165) is 19.3 Å². The van der Waals surface area contributed by atoms with Crippen molar-refractivity contribution in [3.05, 3.63) is 30.1 Å². The number of hydrogen-bond acceptors (Lipinski definition) is 3. The molecule has 4 nitrogen and oxygen atoms in total. The first-order valence-corrected chi connectivity index (χ1v) is 8.38. The fourth-order valence-corrected chi connectivity index (χ4v) is 3.97. The summed E-state index contributed by atoms with van der Waals surface area (Å²) in [4.78, 5) is 4.11. The lowest BCUT2D eigenvalue weighted by Gasteiger charge is -2.33. The number of aromatic nitrogens is 1. The monoisotopic (exact) mass is 282 g/mol. The van der Waals surface area contributed by atoms with Crippen molar-refractivity contribution >= 4 is 10.0 Å². The molecule has 1 unspecified atom stereocenters. The summed E-state index contributed by atoms with van der Waals surface area (Å²) in [7, 11) is -3.11. The van der Waals surface area contributed by atoms with Gasteiger partial charge in [-0.2, -0.15) is 0 Å². The van der Waals surface area contributed by atoms with Crippen LogP contribution >= 0.6 is 0 Å². The number of hydrogen-bond donors (Lipinski definition) is 0. The Morgan fingerprint density at radius 3 is 2.89 bits per heavy atom. The van der Waals surface area contributed by atoms with Gasteiger partial charge >= 0.3 is 0 Å². The molecule has 5 heteroatoms. The molecule has 1 aromatic rings. The average Bonchev–Trinajstić information content (AvgIpc) is 2.40. The molecular formula is C14H22N2O2S. The topological polar surface area (TPSA) is 50.3 Å². The largest absolute Gasteiger partial charge is 0.264 e. The van der Waals surface area contributed by atoms with Crippen molar-refractivity contribution in [3.8, 4) is 0 Å². The predicted octanol–water partition coefficient (Wildman–Crippen LogP) is 2.07. The lowest BCUT2D eigenvalue weighted by atomic mass is 9.93. The molecule has 1 aliphatic heterocycles. The van der Waals surface area contributed by atoms with Crippen LogP contribution in [-0.4, -0.2) is 36.0 Å². The summed E-state index contributed by atoms with van der Waals surface area (Å²) in [6, 6.07) is 3.99. The smallest absolute Gasteiger partial charge is 0.216 e. The Kier molecular flexibility index (Phi) is 4.58. The Morgan fingerprint density at radius 2 is 2.26 bits per heavy atom. The minimum Gasteiger partial charge on any atom is -0.264 e. The molecule has 0 N–H and O–H groups in total. The number of pyridine rings is 1. The Morgan fingerprint density at radius 1 is 1.47 bits per heavy atom. The van der Waals surface area contributed by atoms with Crippen LogP contribution in [0.3, 0.4) is 0 Å². The molecule has 1 atom stereocenters. The maximum Gasteiger partial charge on any atom is 0.216 e. The maximum atomic E-state index is 12.2. The van der Waals surface area contributed by atoms with Gasteiger partial charge in [-0.3, -0.25) is 4.98 Å². The summed E-state index contributed by atoms with van der Waals surface area (Å²) >= 11 is 0. The highest BCUT2D eigenvalue weighted by molar-refractivity contribution is 7.89. The minimum absolute atomic E-state index is 0.329. The van der Waals surface area contributed by atoms with Gasteiger partial charge in [0.05, 0.1) is 5.25 Å². The first kappa shape index (κ1) is 14.5. The van der Waals surface area contributed by atoms with Crippen LogP contribution < -0.4 is 0 Å². The molecule has 1 aliphatic rings. The highest BCUT2D eigenvalue weighted by Gasteiger charge is 2.30. The first-order chi connectivity index (χ1) is 9.00. The van der Waals surface area contributed by atoms with Gasteiger partial charge in [0, 0.05) is 25.5 Å². The molecule has 0 spiro atoms. The van der Waals surface area contributed by atoms with Gasteiger partial charge < -0.3 is 0 Å². The molecule has 1 fully saturated rings. The molecule has 1 aromatic heterocycles. The van der Waals surface area contributed by atoms with Crippen molar-refractivity contribution in [1.29, 1.82) is 0 Å². The van der Waals surface area contributed by atoms with E-state index < -0.39 is 10.0 Å². The zero-order valence-corrected chi connectivity index (χ0v) is 12.4.